The highest BCUT2D eigenvalue weighted by molar-refractivity contribution is 5.66. The van der Waals surface area contributed by atoms with Crippen molar-refractivity contribution in [3.63, 3.8) is 0 Å². The predicted octanol–water partition coefficient (Wildman–Crippen LogP) is 2.46. The second-order valence-corrected chi connectivity index (χ2v) is 4.17. The molecular weight excluding hydrogens is 198 g/mol. The van der Waals surface area contributed by atoms with E-state index < -0.39 is 0 Å². The molecule has 1 aromatic heterocycles. The van der Waals surface area contributed by atoms with E-state index in [1.807, 2.05) is 6.92 Å². The Labute approximate surface area is 95.7 Å². The third-order valence-corrected chi connectivity index (χ3v) is 2.75. The highest BCUT2D eigenvalue weighted by Crippen LogP contribution is 2.25. The number of benzene rings is 1. The van der Waals surface area contributed by atoms with Crippen LogP contribution in [-0.4, -0.2) is 9.97 Å². The first-order valence-electron chi connectivity index (χ1n) is 5.45. The molecule has 0 amide bonds. The molecule has 84 valence electrons. The highest BCUT2D eigenvalue weighted by Gasteiger charge is 2.11. The fourth-order valence-corrected chi connectivity index (χ4v) is 1.90. The minimum atomic E-state index is 0.490. The van der Waals surface area contributed by atoms with Crippen molar-refractivity contribution >= 4 is 0 Å². The van der Waals surface area contributed by atoms with Gasteiger partial charge in [-0.3, -0.25) is 0 Å². The quantitative estimate of drug-likeness (QED) is 0.808. The monoisotopic (exact) mass is 215 g/mol. The summed E-state index contributed by atoms with van der Waals surface area (Å²) in [6.07, 6.45) is 0. The van der Waals surface area contributed by atoms with Gasteiger partial charge in [0.2, 0.25) is 0 Å². The minimum Gasteiger partial charge on any atom is -0.345 e. The van der Waals surface area contributed by atoms with Crippen molar-refractivity contribution in [1.29, 1.82) is 0 Å². The first-order valence-corrected chi connectivity index (χ1v) is 5.45. The Balaban J connectivity index is 2.61. The summed E-state index contributed by atoms with van der Waals surface area (Å²) >= 11 is 0. The fraction of sp³-hybridized carbons (Fsp3) is 0.308. The molecule has 0 aliphatic rings. The van der Waals surface area contributed by atoms with Crippen LogP contribution in [0.3, 0.4) is 0 Å². The van der Waals surface area contributed by atoms with Crippen molar-refractivity contribution in [3.05, 3.63) is 40.8 Å². The van der Waals surface area contributed by atoms with Crippen molar-refractivity contribution in [2.75, 3.05) is 0 Å². The molecule has 1 aromatic carbocycles. The van der Waals surface area contributed by atoms with Gasteiger partial charge in [-0.25, -0.2) is 4.98 Å². The average Bonchev–Trinajstić information content (AvgIpc) is 2.63. The number of nitrogens with one attached hydrogen (secondary N) is 1. The molecule has 3 N–H and O–H groups in total. The van der Waals surface area contributed by atoms with Crippen LogP contribution in [0.4, 0.5) is 0 Å². The second kappa shape index (κ2) is 4.10. The normalized spacial score (nSPS) is 10.8. The molecule has 0 aliphatic heterocycles. The smallest absolute Gasteiger partial charge is 0.103 e. The Morgan fingerprint density at radius 2 is 2.00 bits per heavy atom. The van der Waals surface area contributed by atoms with Crippen LogP contribution < -0.4 is 5.73 Å². The van der Waals surface area contributed by atoms with Crippen LogP contribution in [0.25, 0.3) is 11.3 Å². The molecule has 0 spiro atoms. The zero-order valence-electron chi connectivity index (χ0n) is 9.96. The average molecular weight is 215 g/mol. The maximum absolute atomic E-state index is 5.72. The van der Waals surface area contributed by atoms with Gasteiger partial charge in [0.1, 0.15) is 5.82 Å². The summed E-state index contributed by atoms with van der Waals surface area (Å²) in [5.74, 6) is 0.913. The highest BCUT2D eigenvalue weighted by atomic mass is 14.9. The summed E-state index contributed by atoms with van der Waals surface area (Å²) in [5.41, 5.74) is 11.4. The predicted molar refractivity (Wildman–Crippen MR) is 66.1 cm³/mol. The van der Waals surface area contributed by atoms with Crippen molar-refractivity contribution < 1.29 is 0 Å². The van der Waals surface area contributed by atoms with E-state index in [4.69, 9.17) is 5.73 Å². The van der Waals surface area contributed by atoms with E-state index in [0.29, 0.717) is 6.54 Å². The lowest BCUT2D eigenvalue weighted by Gasteiger charge is -2.06. The van der Waals surface area contributed by atoms with Gasteiger partial charge in [0.25, 0.3) is 0 Å². The largest absolute Gasteiger partial charge is 0.345 e. The summed E-state index contributed by atoms with van der Waals surface area (Å²) in [6.45, 7) is 6.63. The van der Waals surface area contributed by atoms with E-state index >= 15 is 0 Å². The van der Waals surface area contributed by atoms with Gasteiger partial charge in [0.05, 0.1) is 11.4 Å². The summed E-state index contributed by atoms with van der Waals surface area (Å²) in [7, 11) is 0. The third kappa shape index (κ3) is 1.86. The van der Waals surface area contributed by atoms with Crippen molar-refractivity contribution in [3.8, 4) is 11.3 Å². The molecule has 3 heteroatoms. The van der Waals surface area contributed by atoms with Crippen LogP contribution in [0.1, 0.15) is 22.6 Å². The van der Waals surface area contributed by atoms with E-state index in [2.05, 4.69) is 42.0 Å². The number of imidazole rings is 1. The third-order valence-electron chi connectivity index (χ3n) is 2.75. The number of H-pyrrole nitrogens is 1. The van der Waals surface area contributed by atoms with Crippen LogP contribution in [-0.2, 0) is 6.54 Å². The Kier molecular flexibility index (Phi) is 2.79. The Morgan fingerprint density at radius 3 is 2.69 bits per heavy atom. The number of aromatic amines is 1. The molecular formula is C13H17N3. The molecule has 0 aliphatic carbocycles. The van der Waals surface area contributed by atoms with E-state index in [-0.39, 0.29) is 0 Å². The summed E-state index contributed by atoms with van der Waals surface area (Å²) in [6, 6.07) is 6.39. The number of aromatic nitrogens is 2. The lowest BCUT2D eigenvalue weighted by molar-refractivity contribution is 0.998. The van der Waals surface area contributed by atoms with Crippen LogP contribution in [0.2, 0.25) is 0 Å². The van der Waals surface area contributed by atoms with Gasteiger partial charge in [-0.1, -0.05) is 17.7 Å². The van der Waals surface area contributed by atoms with Crippen molar-refractivity contribution in [2.45, 2.75) is 27.3 Å². The van der Waals surface area contributed by atoms with Gasteiger partial charge in [-0.15, -0.1) is 0 Å². The standard InChI is InChI=1S/C13H17N3/c1-8-4-5-9(2)11(6-8)13-12(7-14)15-10(3)16-13/h4-6H,7,14H2,1-3H3,(H,15,16). The van der Waals surface area contributed by atoms with Gasteiger partial charge in [0, 0.05) is 12.1 Å². The van der Waals surface area contributed by atoms with Crippen LogP contribution in [0.5, 0.6) is 0 Å². The van der Waals surface area contributed by atoms with Gasteiger partial charge >= 0.3 is 0 Å². The molecule has 0 bridgehead atoms. The zero-order chi connectivity index (χ0) is 11.7. The number of hydrogen-bond acceptors (Lipinski definition) is 2. The molecule has 0 saturated carbocycles. The van der Waals surface area contributed by atoms with E-state index in [1.54, 1.807) is 0 Å². The minimum absolute atomic E-state index is 0.490. The molecule has 0 saturated heterocycles. The van der Waals surface area contributed by atoms with E-state index in [1.165, 1.54) is 16.7 Å². The molecule has 3 nitrogen and oxygen atoms in total. The van der Waals surface area contributed by atoms with Crippen LogP contribution >= 0.6 is 0 Å². The summed E-state index contributed by atoms with van der Waals surface area (Å²) in [4.78, 5) is 7.72. The Morgan fingerprint density at radius 1 is 1.25 bits per heavy atom. The number of hydrogen-bond donors (Lipinski definition) is 2. The number of nitrogens with zero attached hydrogens (tertiary/aromatic N) is 1. The topological polar surface area (TPSA) is 54.7 Å². The summed E-state index contributed by atoms with van der Waals surface area (Å²) in [5, 5.41) is 0. The number of aryl methyl sites for hydroxylation is 3. The van der Waals surface area contributed by atoms with Crippen molar-refractivity contribution in [1.82, 2.24) is 9.97 Å². The Hall–Kier alpha value is -1.61. The number of nitrogens with two attached hydrogens (primary N) is 1. The van der Waals surface area contributed by atoms with Gasteiger partial charge in [-0.05, 0) is 32.4 Å². The number of rotatable bonds is 2. The first kappa shape index (κ1) is 10.9. The maximum Gasteiger partial charge on any atom is 0.103 e. The Bertz CT molecular complexity index is 512. The molecule has 0 fully saturated rings. The molecule has 0 radical (unpaired) electrons. The van der Waals surface area contributed by atoms with E-state index in [9.17, 15) is 0 Å². The lowest BCUT2D eigenvalue weighted by atomic mass is 10.0. The fourth-order valence-electron chi connectivity index (χ4n) is 1.90. The van der Waals surface area contributed by atoms with Crippen LogP contribution in [0, 0.1) is 20.8 Å². The first-order chi connectivity index (χ1) is 7.61. The van der Waals surface area contributed by atoms with E-state index in [0.717, 1.165) is 17.2 Å². The molecule has 2 rings (SSSR count). The van der Waals surface area contributed by atoms with Gasteiger partial charge < -0.3 is 10.7 Å². The lowest BCUT2D eigenvalue weighted by Crippen LogP contribution is -1.99. The summed E-state index contributed by atoms with van der Waals surface area (Å²) < 4.78 is 0. The molecule has 0 atom stereocenters. The molecule has 1 heterocycles. The molecule has 16 heavy (non-hydrogen) atoms. The molecule has 2 aromatic rings. The van der Waals surface area contributed by atoms with Crippen molar-refractivity contribution in [2.24, 2.45) is 5.73 Å². The van der Waals surface area contributed by atoms with Gasteiger partial charge in [-0.2, -0.15) is 0 Å². The zero-order valence-corrected chi connectivity index (χ0v) is 9.96. The molecule has 0 unspecified atom stereocenters. The van der Waals surface area contributed by atoms with Gasteiger partial charge in [0.15, 0.2) is 0 Å². The second-order valence-electron chi connectivity index (χ2n) is 4.17. The maximum atomic E-state index is 5.72. The van der Waals surface area contributed by atoms with Crippen LogP contribution in [0.15, 0.2) is 18.2 Å². The SMILES string of the molecule is Cc1ccc(C)c(-c2nc(C)[nH]c2CN)c1.